The summed E-state index contributed by atoms with van der Waals surface area (Å²) in [6.07, 6.45) is 0.253. The Hall–Kier alpha value is -3.42. The summed E-state index contributed by atoms with van der Waals surface area (Å²) in [5, 5.41) is 9.40. The van der Waals surface area contributed by atoms with E-state index in [1.807, 2.05) is 0 Å². The van der Waals surface area contributed by atoms with Crippen molar-refractivity contribution < 1.29 is 19.4 Å². The van der Waals surface area contributed by atoms with Gasteiger partial charge >= 0.3 is 5.97 Å². The molecule has 128 valence electrons. The third-order valence-electron chi connectivity index (χ3n) is 3.65. The van der Waals surface area contributed by atoms with Crippen molar-refractivity contribution in [3.63, 3.8) is 0 Å². The number of aromatic amines is 1. The predicted octanol–water partition coefficient (Wildman–Crippen LogP) is 1.62. The molecule has 0 amide bonds. The van der Waals surface area contributed by atoms with Gasteiger partial charge in [0.2, 0.25) is 0 Å². The molecule has 0 atom stereocenters. The van der Waals surface area contributed by atoms with Gasteiger partial charge in [-0.15, -0.1) is 0 Å². The average Bonchev–Trinajstić information content (AvgIpc) is 2.61. The second-order valence-electron chi connectivity index (χ2n) is 5.24. The van der Waals surface area contributed by atoms with Crippen molar-refractivity contribution in [3.8, 4) is 11.6 Å². The van der Waals surface area contributed by atoms with E-state index in [4.69, 9.17) is 14.6 Å². The lowest BCUT2D eigenvalue weighted by molar-refractivity contribution is 0.0697. The van der Waals surface area contributed by atoms with Gasteiger partial charge in [-0.05, 0) is 30.3 Å². The van der Waals surface area contributed by atoms with Gasteiger partial charge in [-0.3, -0.25) is 4.79 Å². The highest BCUT2D eigenvalue weighted by Gasteiger charge is 2.11. The Kier molecular flexibility index (Phi) is 4.34. The lowest BCUT2D eigenvalue weighted by Crippen LogP contribution is -2.13. The number of hydrogen-bond donors (Lipinski definition) is 2. The van der Waals surface area contributed by atoms with Crippen LogP contribution in [0.3, 0.4) is 0 Å². The van der Waals surface area contributed by atoms with Crippen LogP contribution in [-0.2, 0) is 6.42 Å². The molecule has 3 rings (SSSR count). The molecule has 0 aliphatic rings. The first-order valence-corrected chi connectivity index (χ1v) is 7.36. The van der Waals surface area contributed by atoms with E-state index in [0.717, 1.165) is 0 Å². The maximum absolute atomic E-state index is 12.2. The third kappa shape index (κ3) is 3.27. The van der Waals surface area contributed by atoms with Crippen LogP contribution in [0.2, 0.25) is 0 Å². The molecule has 0 saturated carbocycles. The van der Waals surface area contributed by atoms with Gasteiger partial charge < -0.3 is 19.6 Å². The Morgan fingerprint density at radius 3 is 2.64 bits per heavy atom. The predicted molar refractivity (Wildman–Crippen MR) is 89.5 cm³/mol. The van der Waals surface area contributed by atoms with Crippen molar-refractivity contribution in [1.82, 2.24) is 15.0 Å². The fourth-order valence-electron chi connectivity index (χ4n) is 2.44. The highest BCUT2D eigenvalue weighted by Crippen LogP contribution is 2.24. The van der Waals surface area contributed by atoms with Gasteiger partial charge in [0.25, 0.3) is 11.4 Å². The molecule has 1 aromatic carbocycles. The minimum Gasteiger partial charge on any atom is -0.491 e. The largest absolute Gasteiger partial charge is 0.491 e. The number of methoxy groups -OCH3 is 2. The van der Waals surface area contributed by atoms with Crippen LogP contribution in [0.5, 0.6) is 11.6 Å². The molecule has 2 aromatic heterocycles. The average molecular weight is 341 g/mol. The van der Waals surface area contributed by atoms with Crippen LogP contribution < -0.4 is 15.0 Å². The Morgan fingerprint density at radius 1 is 1.16 bits per heavy atom. The van der Waals surface area contributed by atoms with Crippen molar-refractivity contribution in [3.05, 3.63) is 57.8 Å². The fraction of sp³-hybridized carbons (Fsp3) is 0.176. The number of carbonyl (C=O) groups is 1. The summed E-state index contributed by atoms with van der Waals surface area (Å²) in [5.74, 6) is 0.125. The van der Waals surface area contributed by atoms with Gasteiger partial charge in [0.15, 0.2) is 5.75 Å². The molecule has 0 radical (unpaired) electrons. The number of fused-ring (bicyclic) bond motifs is 1. The molecule has 8 heteroatoms. The Morgan fingerprint density at radius 2 is 1.96 bits per heavy atom. The molecule has 0 saturated heterocycles. The van der Waals surface area contributed by atoms with E-state index in [1.54, 1.807) is 12.1 Å². The molecule has 3 aromatic rings. The van der Waals surface area contributed by atoms with Crippen molar-refractivity contribution in [2.75, 3.05) is 14.2 Å². The number of pyridine rings is 1. The number of ether oxygens (including phenoxy) is 2. The summed E-state index contributed by atoms with van der Waals surface area (Å²) < 4.78 is 10.3. The van der Waals surface area contributed by atoms with E-state index < -0.39 is 5.97 Å². The van der Waals surface area contributed by atoms with E-state index in [-0.39, 0.29) is 17.5 Å². The first-order chi connectivity index (χ1) is 12.0. The number of H-pyrrole nitrogens is 1. The monoisotopic (exact) mass is 341 g/mol. The summed E-state index contributed by atoms with van der Waals surface area (Å²) in [5.41, 5.74) is 0.673. The first kappa shape index (κ1) is 16.4. The molecule has 0 bridgehead atoms. The minimum absolute atomic E-state index is 0.0702. The maximum Gasteiger partial charge on any atom is 0.335 e. The van der Waals surface area contributed by atoms with E-state index in [0.29, 0.717) is 34.1 Å². The summed E-state index contributed by atoms with van der Waals surface area (Å²) in [6.45, 7) is 0. The van der Waals surface area contributed by atoms with Crippen LogP contribution in [0.25, 0.3) is 10.9 Å². The van der Waals surface area contributed by atoms with Gasteiger partial charge in [-0.25, -0.2) is 14.8 Å². The normalized spacial score (nSPS) is 10.6. The number of nitrogens with zero attached hydrogens (tertiary/aromatic N) is 2. The number of hydrogen-bond acceptors (Lipinski definition) is 6. The van der Waals surface area contributed by atoms with E-state index in [1.165, 1.54) is 32.4 Å². The van der Waals surface area contributed by atoms with Crippen LogP contribution in [0.1, 0.15) is 21.9 Å². The number of carboxylic acids is 1. The van der Waals surface area contributed by atoms with Crippen LogP contribution >= 0.6 is 0 Å². The smallest absolute Gasteiger partial charge is 0.335 e. The standard InChI is InChI=1S/C17H15N3O5/c1-24-13-6-4-10(18-16(13)25-2)8-14-19-12-7-9(17(22)23)3-5-11(12)15(21)20-14/h3-7H,8H2,1-2H3,(H,22,23)(H,19,20,21). The van der Waals surface area contributed by atoms with Crippen molar-refractivity contribution >= 4 is 16.9 Å². The molecule has 2 heterocycles. The maximum atomic E-state index is 12.2. The minimum atomic E-state index is -1.08. The topological polar surface area (TPSA) is 114 Å². The van der Waals surface area contributed by atoms with E-state index in [2.05, 4.69) is 15.0 Å². The zero-order valence-electron chi connectivity index (χ0n) is 13.6. The number of carboxylic acid groups (broad SMARTS) is 1. The lowest BCUT2D eigenvalue weighted by atomic mass is 10.1. The van der Waals surface area contributed by atoms with Crippen LogP contribution in [0, 0.1) is 0 Å². The Bertz CT molecular complexity index is 1010. The van der Waals surface area contributed by atoms with Crippen molar-refractivity contribution in [1.29, 1.82) is 0 Å². The van der Waals surface area contributed by atoms with Crippen LogP contribution in [-0.4, -0.2) is 40.2 Å². The second kappa shape index (κ2) is 6.60. The summed E-state index contributed by atoms with van der Waals surface area (Å²) in [4.78, 5) is 34.6. The quantitative estimate of drug-likeness (QED) is 0.724. The van der Waals surface area contributed by atoms with E-state index in [9.17, 15) is 9.59 Å². The molecule has 0 aliphatic heterocycles. The molecule has 0 spiro atoms. The van der Waals surface area contributed by atoms with E-state index >= 15 is 0 Å². The molecule has 0 fully saturated rings. The van der Waals surface area contributed by atoms with Gasteiger partial charge in [0.05, 0.1) is 36.4 Å². The summed E-state index contributed by atoms with van der Waals surface area (Å²) >= 11 is 0. The fourth-order valence-corrected chi connectivity index (χ4v) is 2.44. The summed E-state index contributed by atoms with van der Waals surface area (Å²) in [6, 6.07) is 7.64. The number of nitrogens with one attached hydrogen (secondary N) is 1. The Labute approximate surface area is 142 Å². The zero-order chi connectivity index (χ0) is 18.0. The zero-order valence-corrected chi connectivity index (χ0v) is 13.6. The number of benzene rings is 1. The second-order valence-corrected chi connectivity index (χ2v) is 5.24. The number of rotatable bonds is 5. The van der Waals surface area contributed by atoms with Gasteiger partial charge in [0.1, 0.15) is 5.82 Å². The lowest BCUT2D eigenvalue weighted by Gasteiger charge is -2.08. The number of aromatic carboxylic acids is 1. The van der Waals surface area contributed by atoms with Crippen LogP contribution in [0.15, 0.2) is 35.1 Å². The highest BCUT2D eigenvalue weighted by molar-refractivity contribution is 5.92. The Balaban J connectivity index is 2.01. The van der Waals surface area contributed by atoms with Gasteiger partial charge in [-0.1, -0.05) is 0 Å². The van der Waals surface area contributed by atoms with Gasteiger partial charge in [0, 0.05) is 6.42 Å². The van der Waals surface area contributed by atoms with Crippen molar-refractivity contribution in [2.45, 2.75) is 6.42 Å². The molecular weight excluding hydrogens is 326 g/mol. The molecule has 25 heavy (non-hydrogen) atoms. The summed E-state index contributed by atoms with van der Waals surface area (Å²) in [7, 11) is 3.00. The van der Waals surface area contributed by atoms with Gasteiger partial charge in [-0.2, -0.15) is 0 Å². The molecule has 2 N–H and O–H groups in total. The number of aromatic nitrogens is 3. The third-order valence-corrected chi connectivity index (χ3v) is 3.65. The molecule has 8 nitrogen and oxygen atoms in total. The SMILES string of the molecule is COc1ccc(Cc2nc3cc(C(=O)O)ccc3c(=O)[nH]2)nc1OC. The van der Waals surface area contributed by atoms with Crippen LogP contribution in [0.4, 0.5) is 0 Å². The highest BCUT2D eigenvalue weighted by atomic mass is 16.5. The first-order valence-electron chi connectivity index (χ1n) is 7.36. The molecular formula is C17H15N3O5. The molecule has 0 aliphatic carbocycles. The van der Waals surface area contributed by atoms with Crippen molar-refractivity contribution in [2.24, 2.45) is 0 Å². The molecule has 0 unspecified atom stereocenters.